The van der Waals surface area contributed by atoms with Gasteiger partial charge < -0.3 is 15.4 Å². The lowest BCUT2D eigenvalue weighted by atomic mass is 9.87. The minimum atomic E-state index is -0.266. The summed E-state index contributed by atoms with van der Waals surface area (Å²) in [7, 11) is 3.14. The third-order valence-electron chi connectivity index (χ3n) is 4.35. The monoisotopic (exact) mass is 324 g/mol. The highest BCUT2D eigenvalue weighted by Crippen LogP contribution is 2.44. The van der Waals surface area contributed by atoms with E-state index < -0.39 is 0 Å². The summed E-state index contributed by atoms with van der Waals surface area (Å²) < 4.78 is 6.00. The number of rotatable bonds is 3. The standard InChI is InChI=1S/C19H20N2O3/c1-11-16(12-7-5-4-6-8-12)14-9-13(18(22)20-2)10-15(17(14)24-11)19(23)21-3/h4-11,16H,1-3H3,(H,20,22)(H,21,23)/t11-,16?/m0/s1. The number of carbonyl (C=O) groups excluding carboxylic acids is 2. The average Bonchev–Trinajstić information content (AvgIpc) is 2.95. The summed E-state index contributed by atoms with van der Waals surface area (Å²) in [6.07, 6.45) is -0.120. The molecule has 124 valence electrons. The van der Waals surface area contributed by atoms with Gasteiger partial charge in [-0.25, -0.2) is 0 Å². The van der Waals surface area contributed by atoms with Crippen molar-refractivity contribution < 1.29 is 14.3 Å². The van der Waals surface area contributed by atoms with Crippen LogP contribution < -0.4 is 15.4 Å². The molecule has 2 atom stereocenters. The maximum absolute atomic E-state index is 12.3. The zero-order chi connectivity index (χ0) is 17.3. The van der Waals surface area contributed by atoms with Gasteiger partial charge in [-0.05, 0) is 24.6 Å². The number of hydrogen-bond acceptors (Lipinski definition) is 3. The first kappa shape index (κ1) is 16.1. The molecule has 2 N–H and O–H groups in total. The lowest BCUT2D eigenvalue weighted by Gasteiger charge is -2.15. The van der Waals surface area contributed by atoms with Crippen LogP contribution in [0.15, 0.2) is 42.5 Å². The Labute approximate surface area is 141 Å². The van der Waals surface area contributed by atoms with Gasteiger partial charge in [-0.3, -0.25) is 9.59 Å². The molecule has 5 heteroatoms. The number of hydrogen-bond donors (Lipinski definition) is 2. The predicted molar refractivity (Wildman–Crippen MR) is 91.6 cm³/mol. The highest BCUT2D eigenvalue weighted by molar-refractivity contribution is 6.02. The molecule has 0 saturated heterocycles. The summed E-state index contributed by atoms with van der Waals surface area (Å²) in [6, 6.07) is 13.4. The summed E-state index contributed by atoms with van der Waals surface area (Å²) in [6.45, 7) is 1.98. The quantitative estimate of drug-likeness (QED) is 0.910. The van der Waals surface area contributed by atoms with E-state index in [1.165, 1.54) is 0 Å². The van der Waals surface area contributed by atoms with Gasteiger partial charge in [-0.15, -0.1) is 0 Å². The van der Waals surface area contributed by atoms with Gasteiger partial charge in [0.25, 0.3) is 11.8 Å². The SMILES string of the molecule is CNC(=O)c1cc(C(=O)NC)c2c(c1)C(c1ccccc1)[C@H](C)O2. The maximum atomic E-state index is 12.3. The first-order valence-electron chi connectivity index (χ1n) is 7.90. The molecule has 5 nitrogen and oxygen atoms in total. The third-order valence-corrected chi connectivity index (χ3v) is 4.35. The van der Waals surface area contributed by atoms with Crippen molar-refractivity contribution in [2.45, 2.75) is 18.9 Å². The number of fused-ring (bicyclic) bond motifs is 1. The highest BCUT2D eigenvalue weighted by atomic mass is 16.5. The van der Waals surface area contributed by atoms with Crippen LogP contribution >= 0.6 is 0 Å². The van der Waals surface area contributed by atoms with Crippen LogP contribution in [0.3, 0.4) is 0 Å². The Morgan fingerprint density at radius 2 is 1.67 bits per heavy atom. The van der Waals surface area contributed by atoms with Crippen LogP contribution in [-0.2, 0) is 0 Å². The first-order valence-corrected chi connectivity index (χ1v) is 7.90. The summed E-state index contributed by atoms with van der Waals surface area (Å²) in [5, 5.41) is 5.22. The van der Waals surface area contributed by atoms with Crippen molar-refractivity contribution in [3.05, 3.63) is 64.7 Å². The molecule has 1 aliphatic heterocycles. The van der Waals surface area contributed by atoms with Crippen molar-refractivity contribution in [2.75, 3.05) is 14.1 Å². The summed E-state index contributed by atoms with van der Waals surface area (Å²) in [5.74, 6) is 0.0461. The van der Waals surface area contributed by atoms with Crippen LogP contribution in [0.1, 0.15) is 44.7 Å². The number of nitrogens with one attached hydrogen (secondary N) is 2. The van der Waals surface area contributed by atoms with E-state index >= 15 is 0 Å². The van der Waals surface area contributed by atoms with E-state index in [9.17, 15) is 9.59 Å². The number of ether oxygens (including phenoxy) is 1. The first-order chi connectivity index (χ1) is 11.6. The van der Waals surface area contributed by atoms with Crippen molar-refractivity contribution in [3.63, 3.8) is 0 Å². The topological polar surface area (TPSA) is 67.4 Å². The fourth-order valence-electron chi connectivity index (χ4n) is 3.21. The van der Waals surface area contributed by atoms with Crippen LogP contribution in [0.4, 0.5) is 0 Å². The van der Waals surface area contributed by atoms with Crippen LogP contribution in [0.2, 0.25) is 0 Å². The molecule has 0 saturated carbocycles. The molecule has 0 bridgehead atoms. The Bertz CT molecular complexity index is 787. The molecule has 2 amide bonds. The largest absolute Gasteiger partial charge is 0.489 e. The van der Waals surface area contributed by atoms with Gasteiger partial charge in [0, 0.05) is 31.1 Å². The summed E-state index contributed by atoms with van der Waals surface area (Å²) in [5.41, 5.74) is 2.81. The van der Waals surface area contributed by atoms with E-state index in [1.54, 1.807) is 20.2 Å². The molecule has 1 unspecified atom stereocenters. The Morgan fingerprint density at radius 3 is 2.29 bits per heavy atom. The van der Waals surface area contributed by atoms with E-state index in [0.29, 0.717) is 16.9 Å². The molecule has 2 aromatic rings. The summed E-state index contributed by atoms with van der Waals surface area (Å²) in [4.78, 5) is 24.4. The maximum Gasteiger partial charge on any atom is 0.254 e. The second kappa shape index (κ2) is 6.35. The highest BCUT2D eigenvalue weighted by Gasteiger charge is 2.36. The molecule has 24 heavy (non-hydrogen) atoms. The fourth-order valence-corrected chi connectivity index (χ4v) is 3.21. The third kappa shape index (κ3) is 2.62. The van der Waals surface area contributed by atoms with Gasteiger partial charge >= 0.3 is 0 Å². The van der Waals surface area contributed by atoms with Crippen LogP contribution in [0.25, 0.3) is 0 Å². The van der Waals surface area contributed by atoms with Gasteiger partial charge in [0.05, 0.1) is 5.56 Å². The van der Waals surface area contributed by atoms with Crippen molar-refractivity contribution in [1.29, 1.82) is 0 Å². The van der Waals surface area contributed by atoms with Crippen molar-refractivity contribution in [2.24, 2.45) is 0 Å². The van der Waals surface area contributed by atoms with Crippen LogP contribution in [0.5, 0.6) is 5.75 Å². The molecule has 0 fully saturated rings. The van der Waals surface area contributed by atoms with Gasteiger partial charge in [-0.1, -0.05) is 30.3 Å². The fraction of sp³-hybridized carbons (Fsp3) is 0.263. The van der Waals surface area contributed by atoms with Crippen molar-refractivity contribution in [3.8, 4) is 5.75 Å². The molecule has 0 spiro atoms. The molecule has 0 aromatic heterocycles. The van der Waals surface area contributed by atoms with Gasteiger partial charge in [0.15, 0.2) is 0 Å². The van der Waals surface area contributed by atoms with Gasteiger partial charge in [0.1, 0.15) is 11.9 Å². The van der Waals surface area contributed by atoms with E-state index in [4.69, 9.17) is 4.74 Å². The second-order valence-electron chi connectivity index (χ2n) is 5.81. The van der Waals surface area contributed by atoms with Crippen LogP contribution in [0, 0.1) is 0 Å². The van der Waals surface area contributed by atoms with Crippen molar-refractivity contribution >= 4 is 11.8 Å². The molecular weight excluding hydrogens is 304 g/mol. The molecule has 1 aliphatic rings. The van der Waals surface area contributed by atoms with E-state index in [1.807, 2.05) is 43.3 Å². The molecule has 1 heterocycles. The number of benzene rings is 2. The molecule has 0 radical (unpaired) electrons. The number of carbonyl (C=O) groups is 2. The van der Waals surface area contributed by atoms with Gasteiger partial charge in [0.2, 0.25) is 0 Å². The van der Waals surface area contributed by atoms with E-state index in [-0.39, 0.29) is 23.8 Å². The second-order valence-corrected chi connectivity index (χ2v) is 5.81. The van der Waals surface area contributed by atoms with E-state index in [0.717, 1.165) is 11.1 Å². The minimum absolute atomic E-state index is 0.0192. The zero-order valence-electron chi connectivity index (χ0n) is 13.9. The average molecular weight is 324 g/mol. The molecule has 0 aliphatic carbocycles. The lowest BCUT2D eigenvalue weighted by Crippen LogP contribution is -2.22. The summed E-state index contributed by atoms with van der Waals surface area (Å²) >= 11 is 0. The minimum Gasteiger partial charge on any atom is -0.489 e. The van der Waals surface area contributed by atoms with E-state index in [2.05, 4.69) is 10.6 Å². The Balaban J connectivity index is 2.20. The van der Waals surface area contributed by atoms with Crippen LogP contribution in [-0.4, -0.2) is 32.0 Å². The lowest BCUT2D eigenvalue weighted by molar-refractivity contribution is 0.0958. The Hall–Kier alpha value is -2.82. The smallest absolute Gasteiger partial charge is 0.254 e. The molecular formula is C19H20N2O3. The van der Waals surface area contributed by atoms with Gasteiger partial charge in [-0.2, -0.15) is 0 Å². The predicted octanol–water partition coefficient (Wildman–Crippen LogP) is 2.32. The normalized spacial score (nSPS) is 18.5. The van der Waals surface area contributed by atoms with Crippen molar-refractivity contribution in [1.82, 2.24) is 10.6 Å². The Morgan fingerprint density at radius 1 is 1.00 bits per heavy atom. The molecule has 2 aromatic carbocycles. The zero-order valence-corrected chi connectivity index (χ0v) is 13.9. The Kier molecular flexibility index (Phi) is 4.25. The molecule has 3 rings (SSSR count). The number of amides is 2.